The van der Waals surface area contributed by atoms with Crippen LogP contribution in [0.25, 0.3) is 11.1 Å². The summed E-state index contributed by atoms with van der Waals surface area (Å²) >= 11 is 0. The van der Waals surface area contributed by atoms with E-state index in [0.717, 1.165) is 32.5 Å². The average Bonchev–Trinajstić information content (AvgIpc) is 3.18. The van der Waals surface area contributed by atoms with Gasteiger partial charge in [-0.3, -0.25) is 4.90 Å². The van der Waals surface area contributed by atoms with Gasteiger partial charge < -0.3 is 9.67 Å². The fraction of sp³-hybridized carbons (Fsp3) is 0.348. The van der Waals surface area contributed by atoms with Crippen molar-refractivity contribution in [3.63, 3.8) is 0 Å². The smallest absolute Gasteiger partial charge is 0.0946 e. The molecule has 4 rings (SSSR count). The zero-order chi connectivity index (χ0) is 18.7. The number of nitrogens with zero attached hydrogens (tertiary/aromatic N) is 3. The lowest BCUT2D eigenvalue weighted by atomic mass is 9.91. The number of hydrogen-bond donors (Lipinski definition) is 1. The molecule has 140 valence electrons. The van der Waals surface area contributed by atoms with Crippen LogP contribution in [0.4, 0.5) is 0 Å². The van der Waals surface area contributed by atoms with Gasteiger partial charge in [-0.15, -0.1) is 0 Å². The molecule has 1 aliphatic heterocycles. The number of aliphatic hydroxyl groups is 1. The van der Waals surface area contributed by atoms with Gasteiger partial charge in [0, 0.05) is 32.0 Å². The Bertz CT molecular complexity index is 863. The molecular weight excluding hydrogens is 334 g/mol. The van der Waals surface area contributed by atoms with E-state index in [1.54, 1.807) is 12.5 Å². The van der Waals surface area contributed by atoms with Crippen molar-refractivity contribution in [1.29, 1.82) is 0 Å². The normalized spacial score (nSPS) is 17.1. The van der Waals surface area contributed by atoms with Crippen molar-refractivity contribution in [2.45, 2.75) is 38.5 Å². The lowest BCUT2D eigenvalue weighted by Crippen LogP contribution is -2.46. The Morgan fingerprint density at radius 3 is 2.44 bits per heavy atom. The summed E-state index contributed by atoms with van der Waals surface area (Å²) < 4.78 is 1.97. The Morgan fingerprint density at radius 1 is 1.04 bits per heavy atom. The highest BCUT2D eigenvalue weighted by Gasteiger charge is 2.32. The van der Waals surface area contributed by atoms with Gasteiger partial charge in [-0.2, -0.15) is 0 Å². The molecule has 1 N–H and O–H groups in total. The Morgan fingerprint density at radius 2 is 1.78 bits per heavy atom. The van der Waals surface area contributed by atoms with Crippen LogP contribution in [0, 0.1) is 6.92 Å². The zero-order valence-electron chi connectivity index (χ0n) is 15.9. The third-order valence-corrected chi connectivity index (χ3v) is 5.64. The van der Waals surface area contributed by atoms with Crippen LogP contribution < -0.4 is 0 Å². The lowest BCUT2D eigenvalue weighted by molar-refractivity contribution is -0.0357. The van der Waals surface area contributed by atoms with Gasteiger partial charge in [0.1, 0.15) is 0 Å². The fourth-order valence-electron chi connectivity index (χ4n) is 3.95. The van der Waals surface area contributed by atoms with Crippen molar-refractivity contribution in [2.24, 2.45) is 0 Å². The second kappa shape index (κ2) is 7.67. The maximum absolute atomic E-state index is 10.8. The van der Waals surface area contributed by atoms with E-state index in [9.17, 15) is 5.11 Å². The second-order valence-corrected chi connectivity index (χ2v) is 7.75. The second-order valence-electron chi connectivity index (χ2n) is 7.75. The molecule has 2 aromatic carbocycles. The molecule has 1 aromatic heterocycles. The van der Waals surface area contributed by atoms with E-state index in [1.807, 2.05) is 10.8 Å². The van der Waals surface area contributed by atoms with E-state index in [4.69, 9.17) is 0 Å². The molecular formula is C23H27N3O. The molecule has 2 heterocycles. The third-order valence-electron chi connectivity index (χ3n) is 5.64. The molecule has 0 unspecified atom stereocenters. The molecule has 4 heteroatoms. The highest BCUT2D eigenvalue weighted by atomic mass is 16.3. The van der Waals surface area contributed by atoms with Gasteiger partial charge in [0.2, 0.25) is 0 Å². The number of rotatable bonds is 5. The van der Waals surface area contributed by atoms with E-state index in [-0.39, 0.29) is 0 Å². The van der Waals surface area contributed by atoms with Crippen LogP contribution in [0.3, 0.4) is 0 Å². The van der Waals surface area contributed by atoms with Crippen LogP contribution in [0.5, 0.6) is 0 Å². The highest BCUT2D eigenvalue weighted by molar-refractivity contribution is 5.67. The minimum Gasteiger partial charge on any atom is -0.388 e. The van der Waals surface area contributed by atoms with Crippen LogP contribution in [0.15, 0.2) is 67.3 Å². The quantitative estimate of drug-likeness (QED) is 0.750. The molecule has 3 aromatic rings. The molecule has 0 saturated carbocycles. The third kappa shape index (κ3) is 4.29. The van der Waals surface area contributed by atoms with Crippen molar-refractivity contribution in [1.82, 2.24) is 14.5 Å². The minimum absolute atomic E-state index is 0.619. The number of aromatic nitrogens is 2. The van der Waals surface area contributed by atoms with Crippen molar-refractivity contribution in [3.8, 4) is 11.1 Å². The van der Waals surface area contributed by atoms with Crippen LogP contribution in [0.2, 0.25) is 0 Å². The molecule has 0 spiro atoms. The topological polar surface area (TPSA) is 41.3 Å². The van der Waals surface area contributed by atoms with Gasteiger partial charge in [-0.25, -0.2) is 4.98 Å². The fourth-order valence-corrected chi connectivity index (χ4v) is 3.95. The van der Waals surface area contributed by atoms with Crippen molar-refractivity contribution >= 4 is 0 Å². The molecule has 4 nitrogen and oxygen atoms in total. The average molecular weight is 361 g/mol. The lowest BCUT2D eigenvalue weighted by Gasteiger charge is -2.38. The SMILES string of the molecule is Cc1ccccc1-c1ccc(CN2CCC(O)(Cn3ccnc3)CC2)cc1. The Hall–Kier alpha value is -2.43. The minimum atomic E-state index is -0.619. The van der Waals surface area contributed by atoms with Crippen molar-refractivity contribution < 1.29 is 5.11 Å². The van der Waals surface area contributed by atoms with Gasteiger partial charge in [-0.05, 0) is 42.0 Å². The summed E-state index contributed by atoms with van der Waals surface area (Å²) in [5.41, 5.74) is 4.58. The zero-order valence-corrected chi connectivity index (χ0v) is 15.9. The predicted octanol–water partition coefficient (Wildman–Crippen LogP) is 3.89. The first kappa shape index (κ1) is 18.0. The van der Waals surface area contributed by atoms with Crippen molar-refractivity contribution in [3.05, 3.63) is 78.4 Å². The summed E-state index contributed by atoms with van der Waals surface area (Å²) in [5, 5.41) is 10.8. The van der Waals surface area contributed by atoms with E-state index >= 15 is 0 Å². The molecule has 0 amide bonds. The van der Waals surface area contributed by atoms with Crippen LogP contribution in [-0.4, -0.2) is 38.2 Å². The van der Waals surface area contributed by atoms with Crippen LogP contribution in [-0.2, 0) is 13.1 Å². The van der Waals surface area contributed by atoms with Gasteiger partial charge in [-0.1, -0.05) is 48.5 Å². The van der Waals surface area contributed by atoms with E-state index in [1.165, 1.54) is 22.3 Å². The first-order valence-electron chi connectivity index (χ1n) is 9.67. The summed E-state index contributed by atoms with van der Waals surface area (Å²) in [6.45, 7) is 5.57. The Balaban J connectivity index is 1.35. The summed E-state index contributed by atoms with van der Waals surface area (Å²) in [6, 6.07) is 17.4. The van der Waals surface area contributed by atoms with Crippen molar-refractivity contribution in [2.75, 3.05) is 13.1 Å². The predicted molar refractivity (Wildman–Crippen MR) is 108 cm³/mol. The summed E-state index contributed by atoms with van der Waals surface area (Å²) in [6.07, 6.45) is 7.05. The maximum Gasteiger partial charge on any atom is 0.0946 e. The number of hydrogen-bond acceptors (Lipinski definition) is 3. The first-order chi connectivity index (χ1) is 13.1. The van der Waals surface area contributed by atoms with Gasteiger partial charge in [0.05, 0.1) is 18.5 Å². The van der Waals surface area contributed by atoms with E-state index in [2.05, 4.69) is 65.3 Å². The molecule has 1 fully saturated rings. The molecule has 27 heavy (non-hydrogen) atoms. The van der Waals surface area contributed by atoms with Gasteiger partial charge in [0.15, 0.2) is 0 Å². The Labute approximate surface area is 161 Å². The van der Waals surface area contributed by atoms with E-state index in [0.29, 0.717) is 6.54 Å². The van der Waals surface area contributed by atoms with Gasteiger partial charge >= 0.3 is 0 Å². The maximum atomic E-state index is 10.8. The summed E-state index contributed by atoms with van der Waals surface area (Å²) in [5.74, 6) is 0. The van der Waals surface area contributed by atoms with E-state index < -0.39 is 5.60 Å². The molecule has 0 bridgehead atoms. The number of piperidine rings is 1. The number of imidazole rings is 1. The molecule has 0 atom stereocenters. The van der Waals surface area contributed by atoms with Crippen LogP contribution in [0.1, 0.15) is 24.0 Å². The monoisotopic (exact) mass is 361 g/mol. The summed E-state index contributed by atoms with van der Waals surface area (Å²) in [4.78, 5) is 6.50. The Kier molecular flexibility index (Phi) is 5.10. The number of benzene rings is 2. The van der Waals surface area contributed by atoms with Crippen LogP contribution >= 0.6 is 0 Å². The molecule has 1 aliphatic rings. The highest BCUT2D eigenvalue weighted by Crippen LogP contribution is 2.27. The molecule has 0 radical (unpaired) electrons. The standard InChI is InChI=1S/C23H27N3O/c1-19-4-2-3-5-22(19)21-8-6-20(7-9-21)16-25-13-10-23(27,11-14-25)17-26-15-12-24-18-26/h2-9,12,15,18,27H,10-11,13-14,16-17H2,1H3. The summed E-state index contributed by atoms with van der Waals surface area (Å²) in [7, 11) is 0. The molecule has 1 saturated heterocycles. The number of likely N-dealkylation sites (tertiary alicyclic amines) is 1. The first-order valence-corrected chi connectivity index (χ1v) is 9.67. The van der Waals surface area contributed by atoms with Gasteiger partial charge in [0.25, 0.3) is 0 Å². The molecule has 0 aliphatic carbocycles. The largest absolute Gasteiger partial charge is 0.388 e. The number of aryl methyl sites for hydroxylation is 1.